The van der Waals surface area contributed by atoms with Crippen molar-refractivity contribution in [3.8, 4) is 11.8 Å². The van der Waals surface area contributed by atoms with Crippen molar-refractivity contribution in [2.45, 2.75) is 19.5 Å². The summed E-state index contributed by atoms with van der Waals surface area (Å²) in [5, 5.41) is 8.68. The molecule has 6 heteroatoms. The molecule has 0 radical (unpaired) electrons. The molecule has 0 saturated heterocycles. The maximum atomic E-state index is 12.2. The van der Waals surface area contributed by atoms with E-state index in [0.29, 0.717) is 16.7 Å². The minimum atomic E-state index is -4.29. The molecular formula is C15H16F3NO2. The van der Waals surface area contributed by atoms with Crippen molar-refractivity contribution in [2.75, 3.05) is 20.2 Å². The number of nitrogens with zero attached hydrogens (tertiary/aromatic N) is 1. The van der Waals surface area contributed by atoms with Crippen molar-refractivity contribution in [3.63, 3.8) is 0 Å². The molecule has 1 rings (SSSR count). The summed E-state index contributed by atoms with van der Waals surface area (Å²) in [4.78, 5) is 13.2. The SMILES string of the molecule is Cc1c(C#CCO)cccc1C(=O)N(C)CCC(F)(F)F. The van der Waals surface area contributed by atoms with Gasteiger partial charge in [-0.3, -0.25) is 4.79 Å². The minimum absolute atomic E-state index is 0.302. The van der Waals surface area contributed by atoms with E-state index in [-0.39, 0.29) is 6.61 Å². The van der Waals surface area contributed by atoms with Gasteiger partial charge >= 0.3 is 6.18 Å². The number of alkyl halides is 3. The van der Waals surface area contributed by atoms with Gasteiger partial charge < -0.3 is 10.0 Å². The number of aliphatic hydroxyl groups is 1. The smallest absolute Gasteiger partial charge is 0.384 e. The molecule has 0 saturated carbocycles. The van der Waals surface area contributed by atoms with E-state index in [2.05, 4.69) is 11.8 Å². The number of hydrogen-bond donors (Lipinski definition) is 1. The Kier molecular flexibility index (Phi) is 5.79. The maximum Gasteiger partial charge on any atom is 0.390 e. The monoisotopic (exact) mass is 299 g/mol. The fourth-order valence-electron chi connectivity index (χ4n) is 1.74. The number of carbonyl (C=O) groups is 1. The second-order valence-electron chi connectivity index (χ2n) is 4.53. The van der Waals surface area contributed by atoms with Gasteiger partial charge in [-0.15, -0.1) is 0 Å². The van der Waals surface area contributed by atoms with Crippen LogP contribution in [0.15, 0.2) is 18.2 Å². The van der Waals surface area contributed by atoms with Crippen LogP contribution >= 0.6 is 0 Å². The van der Waals surface area contributed by atoms with Gasteiger partial charge in [0.25, 0.3) is 5.91 Å². The minimum Gasteiger partial charge on any atom is -0.384 e. The lowest BCUT2D eigenvalue weighted by Crippen LogP contribution is -2.31. The second-order valence-corrected chi connectivity index (χ2v) is 4.53. The topological polar surface area (TPSA) is 40.5 Å². The van der Waals surface area contributed by atoms with Crippen molar-refractivity contribution in [3.05, 3.63) is 34.9 Å². The van der Waals surface area contributed by atoms with Crippen LogP contribution in [-0.4, -0.2) is 42.3 Å². The summed E-state index contributed by atoms with van der Waals surface area (Å²) >= 11 is 0. The van der Waals surface area contributed by atoms with Crippen LogP contribution in [0.4, 0.5) is 13.2 Å². The first kappa shape index (κ1) is 17.1. The number of hydrogen-bond acceptors (Lipinski definition) is 2. The van der Waals surface area contributed by atoms with E-state index >= 15 is 0 Å². The largest absolute Gasteiger partial charge is 0.390 e. The van der Waals surface area contributed by atoms with E-state index < -0.39 is 25.0 Å². The molecule has 114 valence electrons. The number of rotatable bonds is 3. The van der Waals surface area contributed by atoms with Crippen LogP contribution < -0.4 is 0 Å². The summed E-state index contributed by atoms with van der Waals surface area (Å²) in [6.45, 7) is 0.976. The highest BCUT2D eigenvalue weighted by molar-refractivity contribution is 5.96. The van der Waals surface area contributed by atoms with Crippen LogP contribution in [0.1, 0.15) is 27.9 Å². The molecule has 0 aliphatic heterocycles. The Labute approximate surface area is 121 Å². The first-order chi connectivity index (χ1) is 9.76. The van der Waals surface area contributed by atoms with Gasteiger partial charge in [0.1, 0.15) is 6.61 Å². The number of benzene rings is 1. The zero-order valence-electron chi connectivity index (χ0n) is 11.8. The Hall–Kier alpha value is -2.00. The van der Waals surface area contributed by atoms with Gasteiger partial charge in [-0.1, -0.05) is 17.9 Å². The van der Waals surface area contributed by atoms with Gasteiger partial charge in [0.05, 0.1) is 6.42 Å². The molecule has 0 aliphatic carbocycles. The Morgan fingerprint density at radius 2 is 2.05 bits per heavy atom. The molecule has 0 bridgehead atoms. The first-order valence-corrected chi connectivity index (χ1v) is 6.28. The lowest BCUT2D eigenvalue weighted by atomic mass is 10.0. The molecular weight excluding hydrogens is 283 g/mol. The summed E-state index contributed by atoms with van der Waals surface area (Å²) < 4.78 is 36.6. The second kappa shape index (κ2) is 7.14. The van der Waals surface area contributed by atoms with Gasteiger partial charge in [-0.2, -0.15) is 13.2 Å². The van der Waals surface area contributed by atoms with Crippen molar-refractivity contribution >= 4 is 5.91 Å². The van der Waals surface area contributed by atoms with Crippen LogP contribution in [0.3, 0.4) is 0 Å². The van der Waals surface area contributed by atoms with E-state index in [1.807, 2.05) is 0 Å². The highest BCUT2D eigenvalue weighted by atomic mass is 19.4. The molecule has 0 aliphatic rings. The third-order valence-corrected chi connectivity index (χ3v) is 2.94. The maximum absolute atomic E-state index is 12.2. The average Bonchev–Trinajstić information content (AvgIpc) is 2.42. The number of amides is 1. The summed E-state index contributed by atoms with van der Waals surface area (Å²) in [6.07, 6.45) is -5.34. The third kappa shape index (κ3) is 5.12. The standard InChI is InChI=1S/C15H16F3NO2/c1-11-12(6-4-10-20)5-3-7-13(11)14(21)19(2)9-8-15(16,17)18/h3,5,7,20H,8-10H2,1-2H3. The van der Waals surface area contributed by atoms with Crippen LogP contribution in [-0.2, 0) is 0 Å². The normalized spacial score (nSPS) is 10.8. The van der Waals surface area contributed by atoms with E-state index in [0.717, 1.165) is 4.90 Å². The fraction of sp³-hybridized carbons (Fsp3) is 0.400. The van der Waals surface area contributed by atoms with Crippen LogP contribution in [0, 0.1) is 18.8 Å². The zero-order chi connectivity index (χ0) is 16.0. The molecule has 0 fully saturated rings. The van der Waals surface area contributed by atoms with Gasteiger partial charge in [0, 0.05) is 24.7 Å². The molecule has 3 nitrogen and oxygen atoms in total. The number of halogens is 3. The quantitative estimate of drug-likeness (QED) is 0.871. The molecule has 0 aromatic heterocycles. The van der Waals surface area contributed by atoms with Crippen molar-refractivity contribution in [2.24, 2.45) is 0 Å². The lowest BCUT2D eigenvalue weighted by Gasteiger charge is -2.19. The summed E-state index contributed by atoms with van der Waals surface area (Å²) in [6, 6.07) is 4.84. The third-order valence-electron chi connectivity index (χ3n) is 2.94. The van der Waals surface area contributed by atoms with Crippen LogP contribution in [0.2, 0.25) is 0 Å². The lowest BCUT2D eigenvalue weighted by molar-refractivity contribution is -0.136. The highest BCUT2D eigenvalue weighted by Crippen LogP contribution is 2.21. The van der Waals surface area contributed by atoms with Gasteiger partial charge in [0.15, 0.2) is 0 Å². The molecule has 0 atom stereocenters. The van der Waals surface area contributed by atoms with Gasteiger partial charge in [-0.05, 0) is 24.6 Å². The zero-order valence-corrected chi connectivity index (χ0v) is 11.8. The van der Waals surface area contributed by atoms with Gasteiger partial charge in [0.2, 0.25) is 0 Å². The van der Waals surface area contributed by atoms with Gasteiger partial charge in [-0.25, -0.2) is 0 Å². The van der Waals surface area contributed by atoms with Crippen molar-refractivity contribution < 1.29 is 23.1 Å². The summed E-state index contributed by atoms with van der Waals surface area (Å²) in [5.41, 5.74) is 1.46. The first-order valence-electron chi connectivity index (χ1n) is 6.28. The molecule has 1 aromatic carbocycles. The summed E-state index contributed by atoms with van der Waals surface area (Å²) in [7, 11) is 1.33. The van der Waals surface area contributed by atoms with Crippen molar-refractivity contribution in [1.29, 1.82) is 0 Å². The molecule has 1 amide bonds. The average molecular weight is 299 g/mol. The molecule has 1 N–H and O–H groups in total. The Morgan fingerprint density at radius 3 is 2.62 bits per heavy atom. The Morgan fingerprint density at radius 1 is 1.38 bits per heavy atom. The van der Waals surface area contributed by atoms with E-state index in [4.69, 9.17) is 5.11 Å². The molecule has 0 spiro atoms. The Bertz CT molecular complexity index is 571. The summed E-state index contributed by atoms with van der Waals surface area (Å²) in [5.74, 6) is 4.70. The number of carbonyl (C=O) groups excluding carboxylic acids is 1. The molecule has 21 heavy (non-hydrogen) atoms. The van der Waals surface area contributed by atoms with Crippen LogP contribution in [0.5, 0.6) is 0 Å². The van der Waals surface area contributed by atoms with E-state index in [9.17, 15) is 18.0 Å². The fourth-order valence-corrected chi connectivity index (χ4v) is 1.74. The molecule has 0 heterocycles. The molecule has 0 unspecified atom stereocenters. The predicted molar refractivity (Wildman–Crippen MR) is 72.8 cm³/mol. The van der Waals surface area contributed by atoms with E-state index in [1.54, 1.807) is 25.1 Å². The van der Waals surface area contributed by atoms with Crippen molar-refractivity contribution in [1.82, 2.24) is 4.90 Å². The van der Waals surface area contributed by atoms with E-state index in [1.165, 1.54) is 7.05 Å². The van der Waals surface area contributed by atoms with Crippen LogP contribution in [0.25, 0.3) is 0 Å². The highest BCUT2D eigenvalue weighted by Gasteiger charge is 2.28. The Balaban J connectivity index is 2.92. The molecule has 1 aromatic rings. The number of aliphatic hydroxyl groups excluding tert-OH is 1. The predicted octanol–water partition coefficient (Wildman–Crippen LogP) is 2.36.